The van der Waals surface area contributed by atoms with Crippen LogP contribution in [0.15, 0.2) is 75.3 Å². The lowest BCUT2D eigenvalue weighted by atomic mass is 10.1. The number of hydrogen-bond donors (Lipinski definition) is 5. The SMILES string of the molecule is Cc1cccc(/C=N/Nc2nc(N3CCOCC3)c3cc(C(=O)NC4CCNCC4)sc3n2)c1.Cc1cccc(/C=N/Nc2nc(N3CCOCC3)c3cc(C(N)=O)oc3n2)c1. The number of carbonyl (C=O) groups excluding carboxylic acids is 2. The van der Waals surface area contributed by atoms with Gasteiger partial charge in [0, 0.05) is 38.3 Å². The Bertz CT molecular complexity index is 2580. The fraction of sp³-hybridized carbons (Fsp3) is 0.349. The Hall–Kier alpha value is -6.54. The van der Waals surface area contributed by atoms with E-state index in [-0.39, 0.29) is 29.4 Å². The van der Waals surface area contributed by atoms with Gasteiger partial charge in [-0.2, -0.15) is 25.2 Å². The van der Waals surface area contributed by atoms with Crippen molar-refractivity contribution in [2.75, 3.05) is 86.3 Å². The predicted octanol–water partition coefficient (Wildman–Crippen LogP) is 4.68. The topological polar surface area (TPSA) is 223 Å². The van der Waals surface area contributed by atoms with E-state index in [1.54, 1.807) is 18.5 Å². The molecular weight excluding hydrogens is 811 g/mol. The Kier molecular flexibility index (Phi) is 13.5. The van der Waals surface area contributed by atoms with Gasteiger partial charge in [0.15, 0.2) is 5.76 Å². The van der Waals surface area contributed by atoms with Crippen molar-refractivity contribution in [1.29, 1.82) is 0 Å². The number of benzene rings is 2. The molecule has 6 aromatic rings. The molecule has 0 radical (unpaired) electrons. The van der Waals surface area contributed by atoms with Crippen LogP contribution in [0, 0.1) is 13.8 Å². The molecule has 19 heteroatoms. The minimum atomic E-state index is -0.655. The molecule has 4 aromatic heterocycles. The second-order valence-corrected chi connectivity index (χ2v) is 16.1. The van der Waals surface area contributed by atoms with Crippen LogP contribution >= 0.6 is 11.3 Å². The quantitative estimate of drug-likeness (QED) is 0.0883. The van der Waals surface area contributed by atoms with Gasteiger partial charge in [0.1, 0.15) is 16.5 Å². The van der Waals surface area contributed by atoms with Gasteiger partial charge in [0.05, 0.1) is 54.5 Å². The van der Waals surface area contributed by atoms with Gasteiger partial charge in [-0.15, -0.1) is 11.3 Å². The molecule has 322 valence electrons. The van der Waals surface area contributed by atoms with E-state index in [4.69, 9.17) is 24.6 Å². The molecule has 9 rings (SSSR count). The summed E-state index contributed by atoms with van der Waals surface area (Å²) in [4.78, 5) is 48.4. The second-order valence-electron chi connectivity index (χ2n) is 15.0. The lowest BCUT2D eigenvalue weighted by Gasteiger charge is -2.28. The lowest BCUT2D eigenvalue weighted by Crippen LogP contribution is -2.42. The fourth-order valence-corrected chi connectivity index (χ4v) is 8.16. The summed E-state index contributed by atoms with van der Waals surface area (Å²) < 4.78 is 16.4. The van der Waals surface area contributed by atoms with Crippen LogP contribution in [0.1, 0.15) is 55.3 Å². The maximum absolute atomic E-state index is 13.0. The van der Waals surface area contributed by atoms with E-state index in [0.29, 0.717) is 61.5 Å². The number of nitrogens with two attached hydrogens (primary N) is 1. The molecule has 2 amide bonds. The highest BCUT2D eigenvalue weighted by Crippen LogP contribution is 2.33. The van der Waals surface area contributed by atoms with Gasteiger partial charge in [-0.05, 0) is 57.0 Å². The number of rotatable bonds is 11. The zero-order valence-electron chi connectivity index (χ0n) is 34.6. The van der Waals surface area contributed by atoms with Crippen molar-refractivity contribution in [3.63, 3.8) is 0 Å². The third kappa shape index (κ3) is 10.7. The zero-order valence-corrected chi connectivity index (χ0v) is 35.4. The van der Waals surface area contributed by atoms with Gasteiger partial charge in [-0.1, -0.05) is 59.7 Å². The number of furan rings is 1. The minimum Gasteiger partial charge on any atom is -0.432 e. The highest BCUT2D eigenvalue weighted by atomic mass is 32.1. The first-order chi connectivity index (χ1) is 30.3. The molecule has 0 atom stereocenters. The molecule has 0 aliphatic carbocycles. The Morgan fingerprint density at radius 3 is 1.90 bits per heavy atom. The van der Waals surface area contributed by atoms with Crippen molar-refractivity contribution in [2.45, 2.75) is 32.7 Å². The summed E-state index contributed by atoms with van der Waals surface area (Å²) in [5, 5.41) is 16.6. The zero-order chi connectivity index (χ0) is 42.8. The number of hydrazone groups is 2. The van der Waals surface area contributed by atoms with Crippen LogP contribution in [0.3, 0.4) is 0 Å². The fourth-order valence-electron chi connectivity index (χ4n) is 7.23. The summed E-state index contributed by atoms with van der Waals surface area (Å²) in [6.45, 7) is 11.3. The van der Waals surface area contributed by atoms with Crippen molar-refractivity contribution in [3.05, 3.63) is 93.6 Å². The number of thiophene rings is 1. The number of aromatic nitrogens is 4. The number of primary amides is 1. The minimum absolute atomic E-state index is 0.0409. The van der Waals surface area contributed by atoms with E-state index >= 15 is 0 Å². The van der Waals surface area contributed by atoms with Gasteiger partial charge in [0.2, 0.25) is 17.6 Å². The van der Waals surface area contributed by atoms with Gasteiger partial charge in [-0.3, -0.25) is 9.59 Å². The van der Waals surface area contributed by atoms with Crippen LogP contribution in [0.2, 0.25) is 0 Å². The number of nitrogens with zero attached hydrogens (tertiary/aromatic N) is 8. The van der Waals surface area contributed by atoms with Crippen LogP contribution < -0.4 is 37.0 Å². The van der Waals surface area contributed by atoms with Crippen LogP contribution in [0.5, 0.6) is 0 Å². The second kappa shape index (κ2) is 19.9. The number of fused-ring (bicyclic) bond motifs is 2. The Morgan fingerprint density at radius 1 is 0.774 bits per heavy atom. The normalized spacial score (nSPS) is 16.2. The van der Waals surface area contributed by atoms with E-state index in [0.717, 1.165) is 71.7 Å². The van der Waals surface area contributed by atoms with Crippen molar-refractivity contribution < 1.29 is 23.5 Å². The first-order valence-electron chi connectivity index (χ1n) is 20.6. The molecule has 3 saturated heterocycles. The van der Waals surface area contributed by atoms with Gasteiger partial charge < -0.3 is 40.1 Å². The summed E-state index contributed by atoms with van der Waals surface area (Å²) in [5.41, 5.74) is 15.7. The molecule has 3 aliphatic rings. The molecule has 6 N–H and O–H groups in total. The van der Waals surface area contributed by atoms with E-state index in [9.17, 15) is 9.59 Å². The predicted molar refractivity (Wildman–Crippen MR) is 242 cm³/mol. The van der Waals surface area contributed by atoms with E-state index < -0.39 is 5.91 Å². The number of aryl methyl sites for hydroxylation is 2. The number of morpholine rings is 2. The van der Waals surface area contributed by atoms with Gasteiger partial charge in [-0.25, -0.2) is 15.8 Å². The molecule has 2 aromatic carbocycles. The summed E-state index contributed by atoms with van der Waals surface area (Å²) >= 11 is 1.39. The van der Waals surface area contributed by atoms with Crippen molar-refractivity contribution >= 4 is 80.4 Å². The number of amides is 2. The standard InChI is InChI=1S/C24H29N7O2S.C19H20N6O3/c1-16-3-2-4-17(13-16)15-26-30-24-28-21(31-9-11-33-12-10-31)19-14-20(34-23(19)29-24)22(32)27-18-5-7-25-8-6-18;1-12-3-2-4-13(9-12)11-21-24-19-22-17(25-5-7-27-8-6-25)14-10-15(16(20)26)28-18(14)23-19/h2-4,13-15,18,25H,5-12H2,1H3,(H,27,32)(H,28,29,30);2-4,9-11H,5-8H2,1H3,(H2,20,26)(H,22,23,24)/b26-15+;21-11+. The highest BCUT2D eigenvalue weighted by Gasteiger charge is 2.24. The Balaban J connectivity index is 0.000000174. The molecule has 0 spiro atoms. The third-order valence-corrected chi connectivity index (χ3v) is 11.4. The van der Waals surface area contributed by atoms with E-state index in [1.165, 1.54) is 16.9 Å². The van der Waals surface area contributed by atoms with Crippen LogP contribution in [-0.2, 0) is 9.47 Å². The average Bonchev–Trinajstić information content (AvgIpc) is 3.93. The number of ether oxygens (including phenoxy) is 2. The third-order valence-electron chi connectivity index (χ3n) is 10.3. The first kappa shape index (κ1) is 42.2. The van der Waals surface area contributed by atoms with Crippen molar-refractivity contribution in [2.24, 2.45) is 15.9 Å². The summed E-state index contributed by atoms with van der Waals surface area (Å²) in [6, 6.07) is 19.7. The van der Waals surface area contributed by atoms with Gasteiger partial charge >= 0.3 is 0 Å². The lowest BCUT2D eigenvalue weighted by molar-refractivity contribution is 0.0932. The maximum Gasteiger partial charge on any atom is 0.284 e. The summed E-state index contributed by atoms with van der Waals surface area (Å²) in [7, 11) is 0. The maximum atomic E-state index is 13.0. The Morgan fingerprint density at radius 2 is 1.34 bits per heavy atom. The van der Waals surface area contributed by atoms with E-state index in [2.05, 4.69) is 62.5 Å². The molecule has 3 aliphatic heterocycles. The smallest absolute Gasteiger partial charge is 0.284 e. The Labute approximate surface area is 362 Å². The number of anilines is 4. The average molecular weight is 860 g/mol. The molecule has 0 unspecified atom stereocenters. The number of carbonyl (C=O) groups is 2. The number of nitrogens with one attached hydrogen (secondary N) is 4. The van der Waals surface area contributed by atoms with Crippen molar-refractivity contribution in [1.82, 2.24) is 30.6 Å². The van der Waals surface area contributed by atoms with E-state index in [1.807, 2.05) is 62.4 Å². The molecular formula is C43H49N13O5S. The van der Waals surface area contributed by atoms with Crippen LogP contribution in [-0.4, -0.2) is 116 Å². The number of piperidine rings is 1. The first-order valence-corrected chi connectivity index (χ1v) is 21.4. The summed E-state index contributed by atoms with van der Waals surface area (Å²) in [6.07, 6.45) is 5.33. The molecule has 7 heterocycles. The molecule has 0 bridgehead atoms. The van der Waals surface area contributed by atoms with Crippen LogP contribution in [0.4, 0.5) is 23.5 Å². The molecule has 18 nitrogen and oxygen atoms in total. The van der Waals surface area contributed by atoms with Gasteiger partial charge in [0.25, 0.3) is 11.8 Å². The molecule has 3 fully saturated rings. The molecule has 62 heavy (non-hydrogen) atoms. The van der Waals surface area contributed by atoms with Crippen LogP contribution in [0.25, 0.3) is 21.3 Å². The largest absolute Gasteiger partial charge is 0.432 e. The summed E-state index contributed by atoms with van der Waals surface area (Å²) in [5.74, 6) is 1.47. The molecule has 0 saturated carbocycles. The monoisotopic (exact) mass is 859 g/mol. The van der Waals surface area contributed by atoms with Crippen molar-refractivity contribution in [3.8, 4) is 0 Å². The highest BCUT2D eigenvalue weighted by molar-refractivity contribution is 7.20. The number of hydrogen-bond acceptors (Lipinski definition) is 17.